The number of nitrogens with one attached hydrogen (secondary N) is 1. The molecule has 0 fully saturated rings. The molecule has 0 aliphatic rings. The van der Waals surface area contributed by atoms with E-state index >= 15 is 0 Å². The molecule has 1 amide bonds. The smallest absolute Gasteiger partial charge is 0.307 e. The lowest BCUT2D eigenvalue weighted by Crippen LogP contribution is -2.26. The second-order valence-electron chi connectivity index (χ2n) is 6.30. The van der Waals surface area contributed by atoms with E-state index in [9.17, 15) is 14.7 Å². The number of nitrogen functional groups attached to an aromatic ring is 1. The molecule has 0 aliphatic carbocycles. The van der Waals surface area contributed by atoms with Gasteiger partial charge in [0.05, 0.1) is 18.6 Å². The maximum atomic E-state index is 12.6. The molecule has 150 valence electrons. The minimum Gasteiger partial charge on any atom is -0.506 e. The first-order valence-electron chi connectivity index (χ1n) is 9.21. The van der Waals surface area contributed by atoms with Crippen molar-refractivity contribution in [1.29, 1.82) is 0 Å². The molecular formula is C22H22N2O5. The summed E-state index contributed by atoms with van der Waals surface area (Å²) in [7, 11) is 0. The van der Waals surface area contributed by atoms with Gasteiger partial charge in [-0.05, 0) is 37.3 Å². The van der Waals surface area contributed by atoms with E-state index in [1.165, 1.54) is 6.07 Å². The van der Waals surface area contributed by atoms with Crippen molar-refractivity contribution in [3.8, 4) is 17.2 Å². The summed E-state index contributed by atoms with van der Waals surface area (Å²) in [5.74, 6) is -0.107. The highest BCUT2D eigenvalue weighted by Crippen LogP contribution is 2.38. The predicted octanol–water partition coefficient (Wildman–Crippen LogP) is 3.60. The quantitative estimate of drug-likeness (QED) is 0.417. The number of aromatic hydroxyl groups is 1. The first-order chi connectivity index (χ1) is 14.0. The van der Waals surface area contributed by atoms with Crippen molar-refractivity contribution < 1.29 is 24.2 Å². The predicted molar refractivity (Wildman–Crippen MR) is 110 cm³/mol. The molecular weight excluding hydrogens is 372 g/mol. The highest BCUT2D eigenvalue weighted by molar-refractivity contribution is 6.06. The van der Waals surface area contributed by atoms with E-state index in [4.69, 9.17) is 15.2 Å². The first-order valence-corrected chi connectivity index (χ1v) is 9.21. The topological polar surface area (TPSA) is 111 Å². The lowest BCUT2D eigenvalue weighted by molar-refractivity contribution is -0.142. The van der Waals surface area contributed by atoms with E-state index in [0.717, 1.165) is 0 Å². The van der Waals surface area contributed by atoms with Gasteiger partial charge in [-0.15, -0.1) is 0 Å². The highest BCUT2D eigenvalue weighted by atomic mass is 16.5. The van der Waals surface area contributed by atoms with Gasteiger partial charge in [-0.25, -0.2) is 0 Å². The van der Waals surface area contributed by atoms with Crippen molar-refractivity contribution in [2.45, 2.75) is 13.3 Å². The number of phenols is 1. The summed E-state index contributed by atoms with van der Waals surface area (Å²) in [6.07, 6.45) is 0.0444. The fraction of sp³-hybridized carbons (Fsp3) is 0.182. The zero-order valence-electron chi connectivity index (χ0n) is 16.0. The van der Waals surface area contributed by atoms with Crippen LogP contribution in [0.1, 0.15) is 23.7 Å². The number of fused-ring (bicyclic) bond motifs is 1. The van der Waals surface area contributed by atoms with Crippen LogP contribution in [-0.2, 0) is 9.53 Å². The van der Waals surface area contributed by atoms with Gasteiger partial charge in [0.25, 0.3) is 5.91 Å². The fourth-order valence-electron chi connectivity index (χ4n) is 2.85. The molecule has 0 saturated carbocycles. The molecule has 7 nitrogen and oxygen atoms in total. The molecule has 0 aromatic heterocycles. The van der Waals surface area contributed by atoms with Crippen LogP contribution in [0.5, 0.6) is 17.2 Å². The van der Waals surface area contributed by atoms with Gasteiger partial charge in [0.15, 0.2) is 0 Å². The number of hydrogen-bond donors (Lipinski definition) is 3. The number of anilines is 1. The van der Waals surface area contributed by atoms with Crippen molar-refractivity contribution in [3.05, 3.63) is 60.2 Å². The SMILES string of the molecule is CCOC(=O)CCNC(=O)c1cc(Oc2ccc(N)cc2)c2ccccc2c1O. The Hall–Kier alpha value is -3.74. The van der Waals surface area contributed by atoms with E-state index < -0.39 is 11.9 Å². The maximum Gasteiger partial charge on any atom is 0.307 e. The van der Waals surface area contributed by atoms with Gasteiger partial charge in [0.1, 0.15) is 17.2 Å². The first kappa shape index (κ1) is 20.0. The largest absolute Gasteiger partial charge is 0.506 e. The van der Waals surface area contributed by atoms with E-state index in [1.807, 2.05) is 6.07 Å². The Balaban J connectivity index is 1.89. The molecule has 29 heavy (non-hydrogen) atoms. The van der Waals surface area contributed by atoms with Crippen LogP contribution in [-0.4, -0.2) is 30.1 Å². The van der Waals surface area contributed by atoms with Crippen molar-refractivity contribution in [1.82, 2.24) is 5.32 Å². The Bertz CT molecular complexity index is 1030. The van der Waals surface area contributed by atoms with Crippen LogP contribution in [0.25, 0.3) is 10.8 Å². The van der Waals surface area contributed by atoms with Crippen molar-refractivity contribution in [2.24, 2.45) is 0 Å². The number of nitrogens with two attached hydrogens (primary N) is 1. The second kappa shape index (κ2) is 8.97. The third-order valence-electron chi connectivity index (χ3n) is 4.25. The zero-order chi connectivity index (χ0) is 20.8. The van der Waals surface area contributed by atoms with E-state index in [2.05, 4.69) is 5.32 Å². The summed E-state index contributed by atoms with van der Waals surface area (Å²) in [5, 5.41) is 14.4. The minimum absolute atomic E-state index is 0.0444. The molecule has 0 saturated heterocycles. The van der Waals surface area contributed by atoms with Gasteiger partial charge in [-0.1, -0.05) is 24.3 Å². The minimum atomic E-state index is -0.514. The van der Waals surface area contributed by atoms with Crippen LogP contribution < -0.4 is 15.8 Å². The second-order valence-corrected chi connectivity index (χ2v) is 6.30. The number of benzene rings is 3. The monoisotopic (exact) mass is 394 g/mol. The van der Waals surface area contributed by atoms with Gasteiger partial charge in [0, 0.05) is 23.0 Å². The molecule has 0 spiro atoms. The normalized spacial score (nSPS) is 10.5. The van der Waals surface area contributed by atoms with Crippen LogP contribution >= 0.6 is 0 Å². The number of phenolic OH excluding ortho intramolecular Hbond substituents is 1. The van der Waals surface area contributed by atoms with Crippen molar-refractivity contribution in [3.63, 3.8) is 0 Å². The summed E-state index contributed by atoms with van der Waals surface area (Å²) in [5.41, 5.74) is 6.37. The standard InChI is InChI=1S/C22H22N2O5/c1-2-28-20(25)11-12-24-22(27)18-13-19(29-15-9-7-14(23)8-10-15)16-5-3-4-6-17(16)21(18)26/h3-10,13,26H,2,11-12,23H2,1H3,(H,24,27). The average molecular weight is 394 g/mol. The van der Waals surface area contributed by atoms with E-state index in [-0.39, 0.29) is 30.9 Å². The van der Waals surface area contributed by atoms with Gasteiger partial charge in [-0.3, -0.25) is 9.59 Å². The van der Waals surface area contributed by atoms with Gasteiger partial charge >= 0.3 is 5.97 Å². The van der Waals surface area contributed by atoms with Gasteiger partial charge in [-0.2, -0.15) is 0 Å². The molecule has 3 aromatic carbocycles. The zero-order valence-corrected chi connectivity index (χ0v) is 16.0. The van der Waals surface area contributed by atoms with E-state index in [1.54, 1.807) is 49.4 Å². The summed E-state index contributed by atoms with van der Waals surface area (Å²) < 4.78 is 10.8. The Labute approximate surface area is 168 Å². The molecule has 0 bridgehead atoms. The molecule has 4 N–H and O–H groups in total. The van der Waals surface area contributed by atoms with Gasteiger partial charge < -0.3 is 25.6 Å². The molecule has 7 heteroatoms. The molecule has 0 unspecified atom stereocenters. The molecule has 3 aromatic rings. The molecule has 0 aliphatic heterocycles. The number of ether oxygens (including phenoxy) is 2. The number of rotatable bonds is 7. The number of carbonyl (C=O) groups excluding carboxylic acids is 2. The van der Waals surface area contributed by atoms with Crippen molar-refractivity contribution >= 4 is 28.3 Å². The van der Waals surface area contributed by atoms with Crippen molar-refractivity contribution in [2.75, 3.05) is 18.9 Å². The summed E-state index contributed by atoms with van der Waals surface area (Å²) in [6.45, 7) is 2.09. The number of esters is 1. The molecule has 0 radical (unpaired) electrons. The number of hydrogen-bond acceptors (Lipinski definition) is 6. The summed E-state index contributed by atoms with van der Waals surface area (Å²) >= 11 is 0. The van der Waals surface area contributed by atoms with Gasteiger partial charge in [0.2, 0.25) is 0 Å². The average Bonchev–Trinajstić information content (AvgIpc) is 2.72. The molecule has 0 atom stereocenters. The Morgan fingerprint density at radius 3 is 2.45 bits per heavy atom. The Morgan fingerprint density at radius 2 is 1.76 bits per heavy atom. The Morgan fingerprint density at radius 1 is 1.07 bits per heavy atom. The van der Waals surface area contributed by atoms with Crippen LogP contribution in [0, 0.1) is 0 Å². The summed E-state index contributed by atoms with van der Waals surface area (Å²) in [4.78, 5) is 24.0. The van der Waals surface area contributed by atoms with Crippen LogP contribution in [0.15, 0.2) is 54.6 Å². The lowest BCUT2D eigenvalue weighted by atomic mass is 10.0. The van der Waals surface area contributed by atoms with E-state index in [0.29, 0.717) is 28.0 Å². The van der Waals surface area contributed by atoms with Crippen LogP contribution in [0.4, 0.5) is 5.69 Å². The molecule has 3 rings (SSSR count). The van der Waals surface area contributed by atoms with Crippen LogP contribution in [0.2, 0.25) is 0 Å². The summed E-state index contributed by atoms with van der Waals surface area (Å²) in [6, 6.07) is 15.4. The highest BCUT2D eigenvalue weighted by Gasteiger charge is 2.18. The third kappa shape index (κ3) is 4.76. The molecule has 0 heterocycles. The Kier molecular flexibility index (Phi) is 6.19. The van der Waals surface area contributed by atoms with Crippen LogP contribution in [0.3, 0.4) is 0 Å². The lowest BCUT2D eigenvalue weighted by Gasteiger charge is -2.14. The number of amides is 1. The third-order valence-corrected chi connectivity index (χ3v) is 4.25. The maximum absolute atomic E-state index is 12.6. The number of carbonyl (C=O) groups is 2. The fourth-order valence-corrected chi connectivity index (χ4v) is 2.85.